The van der Waals surface area contributed by atoms with Gasteiger partial charge in [-0.15, -0.1) is 0 Å². The molecule has 1 heterocycles. The molecular formula is C12H15BrO6. The fraction of sp³-hybridized carbons (Fsp3) is 0.500. The van der Waals surface area contributed by atoms with Gasteiger partial charge in [-0.3, -0.25) is 0 Å². The van der Waals surface area contributed by atoms with E-state index in [0.29, 0.717) is 5.75 Å². The zero-order chi connectivity index (χ0) is 14.0. The lowest BCUT2D eigenvalue weighted by Gasteiger charge is -2.39. The zero-order valence-corrected chi connectivity index (χ0v) is 11.5. The number of halogens is 1. The summed E-state index contributed by atoms with van der Waals surface area (Å²) < 4.78 is 11.5. The highest BCUT2D eigenvalue weighted by atomic mass is 79.9. The monoisotopic (exact) mass is 334 g/mol. The molecule has 0 saturated carbocycles. The van der Waals surface area contributed by atoms with Crippen molar-refractivity contribution in [2.75, 3.05) is 6.61 Å². The number of aliphatic hydroxyl groups is 4. The van der Waals surface area contributed by atoms with Crippen LogP contribution < -0.4 is 4.74 Å². The highest BCUT2D eigenvalue weighted by Crippen LogP contribution is 2.25. The molecule has 1 aromatic rings. The molecule has 0 spiro atoms. The second kappa shape index (κ2) is 6.17. The Labute approximate surface area is 118 Å². The van der Waals surface area contributed by atoms with Crippen LogP contribution in [-0.4, -0.2) is 57.7 Å². The molecule has 0 radical (unpaired) electrons. The van der Waals surface area contributed by atoms with Crippen molar-refractivity contribution in [1.29, 1.82) is 0 Å². The van der Waals surface area contributed by atoms with Crippen LogP contribution in [0.5, 0.6) is 5.75 Å². The van der Waals surface area contributed by atoms with Crippen molar-refractivity contribution in [2.45, 2.75) is 30.7 Å². The van der Waals surface area contributed by atoms with Crippen LogP contribution in [0.4, 0.5) is 0 Å². The lowest BCUT2D eigenvalue weighted by atomic mass is 9.99. The van der Waals surface area contributed by atoms with Crippen LogP contribution in [0.25, 0.3) is 0 Å². The topological polar surface area (TPSA) is 99.4 Å². The number of hydrogen-bond acceptors (Lipinski definition) is 6. The predicted octanol–water partition coefficient (Wildman–Crippen LogP) is -0.372. The Balaban J connectivity index is 2.08. The molecule has 0 amide bonds. The first-order valence-corrected chi connectivity index (χ1v) is 6.55. The van der Waals surface area contributed by atoms with E-state index in [0.717, 1.165) is 4.47 Å². The van der Waals surface area contributed by atoms with Crippen LogP contribution in [0.2, 0.25) is 0 Å². The number of aliphatic hydroxyl groups excluding tert-OH is 4. The molecule has 6 nitrogen and oxygen atoms in total. The second-order valence-corrected chi connectivity index (χ2v) is 5.18. The molecule has 0 aromatic heterocycles. The summed E-state index contributed by atoms with van der Waals surface area (Å²) in [5.74, 6) is 0.438. The van der Waals surface area contributed by atoms with Crippen molar-refractivity contribution in [3.05, 3.63) is 28.7 Å². The highest BCUT2D eigenvalue weighted by molar-refractivity contribution is 9.10. The normalized spacial score (nSPS) is 35.1. The maximum atomic E-state index is 9.79. The van der Waals surface area contributed by atoms with Crippen molar-refractivity contribution in [3.8, 4) is 5.75 Å². The van der Waals surface area contributed by atoms with Crippen LogP contribution in [0.15, 0.2) is 28.7 Å². The predicted molar refractivity (Wildman–Crippen MR) is 68.5 cm³/mol. The third-order valence-electron chi connectivity index (χ3n) is 2.91. The lowest BCUT2D eigenvalue weighted by molar-refractivity contribution is -0.277. The maximum Gasteiger partial charge on any atom is 0.229 e. The number of hydrogen-bond donors (Lipinski definition) is 4. The molecule has 1 saturated heterocycles. The quantitative estimate of drug-likeness (QED) is 0.602. The third kappa shape index (κ3) is 3.25. The first-order chi connectivity index (χ1) is 9.02. The van der Waals surface area contributed by atoms with Crippen LogP contribution in [0.1, 0.15) is 0 Å². The number of benzene rings is 1. The summed E-state index contributed by atoms with van der Waals surface area (Å²) in [7, 11) is 0. The number of rotatable bonds is 3. The number of ether oxygens (including phenoxy) is 2. The Hall–Kier alpha value is -0.700. The van der Waals surface area contributed by atoms with E-state index in [1.165, 1.54) is 0 Å². The summed E-state index contributed by atoms with van der Waals surface area (Å²) in [6.07, 6.45) is -6.35. The molecular weight excluding hydrogens is 320 g/mol. The summed E-state index contributed by atoms with van der Waals surface area (Å²) in [6, 6.07) is 6.82. The molecule has 0 aliphatic carbocycles. The van der Waals surface area contributed by atoms with E-state index in [4.69, 9.17) is 14.6 Å². The SMILES string of the molecule is OC[C@H]1O[C@H](Oc2ccc(Br)cc2)[C@H](O)[C@@H](O)[C@@H]1O. The molecule has 1 aliphatic rings. The largest absolute Gasteiger partial charge is 0.462 e. The van der Waals surface area contributed by atoms with Crippen molar-refractivity contribution in [3.63, 3.8) is 0 Å². The molecule has 2 rings (SSSR count). The first kappa shape index (κ1) is 14.7. The van der Waals surface area contributed by atoms with E-state index in [1.807, 2.05) is 0 Å². The standard InChI is InChI=1S/C12H15BrO6/c13-6-1-3-7(4-2-6)18-12-11(17)10(16)9(15)8(5-14)19-12/h1-4,8-12,14-17H,5H2/t8-,9-,10+,11-,12+/m1/s1. The first-order valence-electron chi connectivity index (χ1n) is 5.75. The van der Waals surface area contributed by atoms with E-state index in [9.17, 15) is 15.3 Å². The van der Waals surface area contributed by atoms with Crippen LogP contribution in [0.3, 0.4) is 0 Å². The van der Waals surface area contributed by atoms with E-state index in [1.54, 1.807) is 24.3 Å². The molecule has 4 N–H and O–H groups in total. The van der Waals surface area contributed by atoms with Gasteiger partial charge in [0.15, 0.2) is 0 Å². The van der Waals surface area contributed by atoms with Gasteiger partial charge in [0.2, 0.25) is 6.29 Å². The Kier molecular flexibility index (Phi) is 4.77. The molecule has 7 heteroatoms. The van der Waals surface area contributed by atoms with Gasteiger partial charge in [0.25, 0.3) is 0 Å². The van der Waals surface area contributed by atoms with Crippen LogP contribution >= 0.6 is 15.9 Å². The van der Waals surface area contributed by atoms with Crippen molar-refractivity contribution < 1.29 is 29.9 Å². The average Bonchev–Trinajstić information content (AvgIpc) is 2.42. The molecule has 5 atom stereocenters. The van der Waals surface area contributed by atoms with Gasteiger partial charge < -0.3 is 29.9 Å². The van der Waals surface area contributed by atoms with Gasteiger partial charge in [0.05, 0.1) is 6.61 Å². The van der Waals surface area contributed by atoms with E-state index >= 15 is 0 Å². The van der Waals surface area contributed by atoms with Crippen molar-refractivity contribution in [1.82, 2.24) is 0 Å². The molecule has 1 aromatic carbocycles. The molecule has 1 aliphatic heterocycles. The molecule has 1 fully saturated rings. The van der Waals surface area contributed by atoms with E-state index in [-0.39, 0.29) is 0 Å². The fourth-order valence-corrected chi connectivity index (χ4v) is 2.08. The van der Waals surface area contributed by atoms with Crippen LogP contribution in [0, 0.1) is 0 Å². The maximum absolute atomic E-state index is 9.79. The smallest absolute Gasteiger partial charge is 0.229 e. The molecule has 0 unspecified atom stereocenters. The minimum Gasteiger partial charge on any atom is -0.462 e. The molecule has 106 valence electrons. The van der Waals surface area contributed by atoms with Gasteiger partial charge in [-0.25, -0.2) is 0 Å². The van der Waals surface area contributed by atoms with Gasteiger partial charge in [-0.05, 0) is 24.3 Å². The van der Waals surface area contributed by atoms with Gasteiger partial charge in [-0.2, -0.15) is 0 Å². The zero-order valence-electron chi connectivity index (χ0n) is 9.89. The fourth-order valence-electron chi connectivity index (χ4n) is 1.81. The van der Waals surface area contributed by atoms with Crippen LogP contribution in [-0.2, 0) is 4.74 Å². The summed E-state index contributed by atoms with van der Waals surface area (Å²) in [5.41, 5.74) is 0. The Bertz CT molecular complexity index is 409. The van der Waals surface area contributed by atoms with Crippen molar-refractivity contribution in [2.24, 2.45) is 0 Å². The van der Waals surface area contributed by atoms with Gasteiger partial charge in [0.1, 0.15) is 30.2 Å². The lowest BCUT2D eigenvalue weighted by Crippen LogP contribution is -2.60. The third-order valence-corrected chi connectivity index (χ3v) is 3.44. The summed E-state index contributed by atoms with van der Waals surface area (Å²) in [4.78, 5) is 0. The summed E-state index contributed by atoms with van der Waals surface area (Å²) in [5, 5.41) is 38.1. The summed E-state index contributed by atoms with van der Waals surface area (Å²) >= 11 is 3.28. The van der Waals surface area contributed by atoms with Gasteiger partial charge in [-0.1, -0.05) is 15.9 Å². The minimum atomic E-state index is -1.44. The summed E-state index contributed by atoms with van der Waals surface area (Å²) in [6.45, 7) is -0.481. The van der Waals surface area contributed by atoms with Gasteiger partial charge in [0, 0.05) is 4.47 Å². The van der Waals surface area contributed by atoms with E-state index in [2.05, 4.69) is 15.9 Å². The Morgan fingerprint density at radius 2 is 1.68 bits per heavy atom. The molecule has 0 bridgehead atoms. The highest BCUT2D eigenvalue weighted by Gasteiger charge is 2.44. The molecule has 19 heavy (non-hydrogen) atoms. The van der Waals surface area contributed by atoms with Gasteiger partial charge >= 0.3 is 0 Å². The van der Waals surface area contributed by atoms with E-state index < -0.39 is 37.3 Å². The van der Waals surface area contributed by atoms with Crippen molar-refractivity contribution >= 4 is 15.9 Å². The Morgan fingerprint density at radius 1 is 1.05 bits per heavy atom. The average molecular weight is 335 g/mol. The Morgan fingerprint density at radius 3 is 2.26 bits per heavy atom. The second-order valence-electron chi connectivity index (χ2n) is 4.27. The minimum absolute atomic E-state index is 0.438.